The third kappa shape index (κ3) is 5.06. The maximum Gasteiger partial charge on any atom is 0.337 e. The van der Waals surface area contributed by atoms with Gasteiger partial charge in [-0.25, -0.2) is 9.59 Å². The lowest BCUT2D eigenvalue weighted by Crippen LogP contribution is -2.46. The van der Waals surface area contributed by atoms with Crippen LogP contribution >= 0.6 is 0 Å². The average molecular weight is 360 g/mol. The molecule has 1 aliphatic heterocycles. The normalized spacial score (nSPS) is 13.9. The van der Waals surface area contributed by atoms with Crippen LogP contribution in [0.25, 0.3) is 0 Å². The van der Waals surface area contributed by atoms with Crippen LogP contribution in [0.15, 0.2) is 35.5 Å². The quantitative estimate of drug-likeness (QED) is 0.619. The molecule has 0 saturated heterocycles. The van der Waals surface area contributed by atoms with E-state index in [1.165, 1.54) is 0 Å². The highest BCUT2D eigenvalue weighted by Gasteiger charge is 2.24. The van der Waals surface area contributed by atoms with Gasteiger partial charge in [-0.2, -0.15) is 0 Å². The van der Waals surface area contributed by atoms with Crippen LogP contribution in [0.4, 0.5) is 4.79 Å². The summed E-state index contributed by atoms with van der Waals surface area (Å²) in [7, 11) is 3.48. The molecule has 0 aliphatic carbocycles. The van der Waals surface area contributed by atoms with E-state index in [0.29, 0.717) is 29.9 Å². The van der Waals surface area contributed by atoms with Gasteiger partial charge in [-0.15, -0.1) is 0 Å². The number of nitrogens with one attached hydrogen (secondary N) is 3. The van der Waals surface area contributed by atoms with Crippen molar-refractivity contribution in [1.82, 2.24) is 20.9 Å². The smallest absolute Gasteiger partial charge is 0.337 e. The highest BCUT2D eigenvalue weighted by Crippen LogP contribution is 2.12. The van der Waals surface area contributed by atoms with Crippen molar-refractivity contribution in [2.45, 2.75) is 13.5 Å². The van der Waals surface area contributed by atoms with Crippen LogP contribution in [0.2, 0.25) is 0 Å². The lowest BCUT2D eigenvalue weighted by atomic mass is 10.1. The fourth-order valence-corrected chi connectivity index (χ4v) is 2.62. The van der Waals surface area contributed by atoms with Crippen LogP contribution in [0.5, 0.6) is 0 Å². The zero-order valence-electron chi connectivity index (χ0n) is 15.2. The van der Waals surface area contributed by atoms with Crippen molar-refractivity contribution < 1.29 is 19.1 Å². The first-order valence-corrected chi connectivity index (χ1v) is 8.38. The summed E-state index contributed by atoms with van der Waals surface area (Å²) in [5, 5.41) is 7.85. The van der Waals surface area contributed by atoms with Crippen LogP contribution in [0.1, 0.15) is 22.8 Å². The first-order chi connectivity index (χ1) is 12.4. The van der Waals surface area contributed by atoms with Crippen LogP contribution in [0, 0.1) is 0 Å². The summed E-state index contributed by atoms with van der Waals surface area (Å²) in [6.07, 6.45) is 0. The first-order valence-electron chi connectivity index (χ1n) is 8.38. The minimum Gasteiger partial charge on any atom is -0.463 e. The van der Waals surface area contributed by atoms with Crippen molar-refractivity contribution in [1.29, 1.82) is 0 Å². The van der Waals surface area contributed by atoms with E-state index in [1.54, 1.807) is 26.1 Å². The Hall–Kier alpha value is -2.87. The second-order valence-corrected chi connectivity index (χ2v) is 5.93. The summed E-state index contributed by atoms with van der Waals surface area (Å²) in [6, 6.07) is 6.94. The van der Waals surface area contributed by atoms with E-state index in [1.807, 2.05) is 24.1 Å². The number of likely N-dealkylation sites (N-methyl/N-ethyl adjacent to an activating group) is 1. The van der Waals surface area contributed by atoms with Crippen LogP contribution in [-0.2, 0) is 16.1 Å². The van der Waals surface area contributed by atoms with E-state index in [-0.39, 0.29) is 25.1 Å². The largest absolute Gasteiger partial charge is 0.463 e. The predicted octanol–water partition coefficient (Wildman–Crippen LogP) is 0.608. The molecule has 0 aromatic heterocycles. The molecule has 2 rings (SSSR count). The number of nitrogens with zero attached hydrogens (tertiary/aromatic N) is 1. The van der Waals surface area contributed by atoms with Gasteiger partial charge in [-0.3, -0.25) is 9.69 Å². The van der Waals surface area contributed by atoms with Crippen molar-refractivity contribution in [3.63, 3.8) is 0 Å². The molecule has 8 heteroatoms. The summed E-state index contributed by atoms with van der Waals surface area (Å²) in [5.74, 6) is -0.565. The number of esters is 1. The lowest BCUT2D eigenvalue weighted by Gasteiger charge is -2.25. The topological polar surface area (TPSA) is 99.8 Å². The highest BCUT2D eigenvalue weighted by atomic mass is 16.5. The third-order valence-electron chi connectivity index (χ3n) is 3.90. The number of ether oxygens (including phenoxy) is 1. The van der Waals surface area contributed by atoms with Gasteiger partial charge in [0.1, 0.15) is 0 Å². The minimum atomic E-state index is -0.432. The Balaban J connectivity index is 2.06. The van der Waals surface area contributed by atoms with Gasteiger partial charge in [-0.05, 0) is 31.7 Å². The van der Waals surface area contributed by atoms with Gasteiger partial charge >= 0.3 is 12.0 Å². The molecule has 1 aromatic rings. The zero-order valence-corrected chi connectivity index (χ0v) is 15.2. The molecule has 0 atom stereocenters. The molecule has 1 aromatic carbocycles. The van der Waals surface area contributed by atoms with E-state index in [4.69, 9.17) is 4.74 Å². The number of urea groups is 1. The molecular weight excluding hydrogens is 336 g/mol. The number of benzene rings is 1. The summed E-state index contributed by atoms with van der Waals surface area (Å²) in [5.41, 5.74) is 2.57. The molecule has 8 nitrogen and oxygen atoms in total. The Kier molecular flexibility index (Phi) is 6.74. The Morgan fingerprint density at radius 2 is 1.92 bits per heavy atom. The van der Waals surface area contributed by atoms with Crippen molar-refractivity contribution in [2.24, 2.45) is 0 Å². The third-order valence-corrected chi connectivity index (χ3v) is 3.90. The van der Waals surface area contributed by atoms with Crippen LogP contribution in [-0.4, -0.2) is 56.6 Å². The van der Waals surface area contributed by atoms with Gasteiger partial charge in [0.2, 0.25) is 0 Å². The maximum atomic E-state index is 12.1. The fraction of sp³-hybridized carbons (Fsp3) is 0.389. The molecule has 26 heavy (non-hydrogen) atoms. The molecule has 0 saturated carbocycles. The predicted molar refractivity (Wildman–Crippen MR) is 96.4 cm³/mol. The Morgan fingerprint density at radius 1 is 1.23 bits per heavy atom. The molecular formula is C18H24N4O4. The fourth-order valence-electron chi connectivity index (χ4n) is 2.62. The molecule has 140 valence electrons. The highest BCUT2D eigenvalue weighted by molar-refractivity contribution is 5.94. The molecule has 1 heterocycles. The Labute approximate surface area is 152 Å². The van der Waals surface area contributed by atoms with Gasteiger partial charge in [0.05, 0.1) is 18.7 Å². The number of carbonyl (C=O) groups is 3. The van der Waals surface area contributed by atoms with E-state index in [9.17, 15) is 14.4 Å². The molecule has 0 fully saturated rings. The molecule has 1 aliphatic rings. The Bertz CT molecular complexity index is 712. The average Bonchev–Trinajstić information content (AvgIpc) is 2.62. The second kappa shape index (κ2) is 9.00. The SMILES string of the molecule is CCOC(=O)C1=C(CN(C)Cc2ccc(C(=O)NC)cc2)NC(=O)NC1. The number of amides is 3. The molecule has 0 spiro atoms. The first kappa shape index (κ1) is 19.5. The minimum absolute atomic E-state index is 0.133. The lowest BCUT2D eigenvalue weighted by molar-refractivity contribution is -0.138. The maximum absolute atomic E-state index is 12.1. The standard InChI is InChI=1S/C18H24N4O4/c1-4-26-17(24)14-9-20-18(25)21-15(14)11-22(3)10-12-5-7-13(8-6-12)16(23)19-2/h5-8H,4,9-11H2,1-3H3,(H,19,23)(H2,20,21,25). The second-order valence-electron chi connectivity index (χ2n) is 5.93. The summed E-state index contributed by atoms with van der Waals surface area (Å²) < 4.78 is 5.05. The van der Waals surface area contributed by atoms with E-state index < -0.39 is 5.97 Å². The molecule has 3 amide bonds. The summed E-state index contributed by atoms with van der Waals surface area (Å²) in [6.45, 7) is 3.14. The van der Waals surface area contributed by atoms with Crippen LogP contribution in [0.3, 0.4) is 0 Å². The van der Waals surface area contributed by atoms with Crippen molar-refractivity contribution in [3.8, 4) is 0 Å². The van der Waals surface area contributed by atoms with Gasteiger partial charge in [0.15, 0.2) is 0 Å². The monoisotopic (exact) mass is 360 g/mol. The zero-order chi connectivity index (χ0) is 19.1. The Morgan fingerprint density at radius 3 is 2.54 bits per heavy atom. The number of rotatable bonds is 7. The van der Waals surface area contributed by atoms with Crippen LogP contribution < -0.4 is 16.0 Å². The summed E-state index contributed by atoms with van der Waals surface area (Å²) in [4.78, 5) is 37.2. The molecule has 3 N–H and O–H groups in total. The van der Waals surface area contributed by atoms with Gasteiger partial charge in [0.25, 0.3) is 5.91 Å². The van der Waals surface area contributed by atoms with Gasteiger partial charge in [0, 0.05) is 31.4 Å². The van der Waals surface area contributed by atoms with Crippen molar-refractivity contribution >= 4 is 17.9 Å². The summed E-state index contributed by atoms with van der Waals surface area (Å²) >= 11 is 0. The molecule has 0 radical (unpaired) electrons. The number of hydrogen-bond donors (Lipinski definition) is 3. The van der Waals surface area contributed by atoms with Crippen molar-refractivity contribution in [3.05, 3.63) is 46.7 Å². The molecule has 0 bridgehead atoms. The van der Waals surface area contributed by atoms with E-state index in [2.05, 4.69) is 16.0 Å². The van der Waals surface area contributed by atoms with Gasteiger partial charge in [-0.1, -0.05) is 12.1 Å². The number of hydrogen-bond acceptors (Lipinski definition) is 5. The van der Waals surface area contributed by atoms with Crippen molar-refractivity contribution in [2.75, 3.05) is 33.8 Å². The van der Waals surface area contributed by atoms with E-state index >= 15 is 0 Å². The molecule has 0 unspecified atom stereocenters. The van der Waals surface area contributed by atoms with Gasteiger partial charge < -0.3 is 20.7 Å². The van der Waals surface area contributed by atoms with E-state index in [0.717, 1.165) is 5.56 Å². The number of carbonyl (C=O) groups excluding carboxylic acids is 3.